The van der Waals surface area contributed by atoms with Gasteiger partial charge in [0.25, 0.3) is 0 Å². The summed E-state index contributed by atoms with van der Waals surface area (Å²) in [5, 5.41) is 0.547. The zero-order chi connectivity index (χ0) is 26.8. The number of anilines is 1. The standard InChI is InChI=1S/C28H33N5O4S/c1-17(2)23-6-5-11-32(38(23,35)36)24-10-9-21-14-22(31(28(21)30-24)15-19-7-8-19)27-18(3)33-25(29-27)12-20(16-34)13-26(33)37-4/h9-10,12-14,16-17,19,23H,5-8,11,15H2,1-4H3. The first-order valence-electron chi connectivity index (χ1n) is 13.3. The molecule has 38 heavy (non-hydrogen) atoms. The molecular weight excluding hydrogens is 502 g/mol. The van der Waals surface area contributed by atoms with E-state index in [2.05, 4.69) is 10.6 Å². The Bertz CT molecular complexity index is 1670. The fourth-order valence-electron chi connectivity index (χ4n) is 5.75. The van der Waals surface area contributed by atoms with Gasteiger partial charge in [-0.2, -0.15) is 0 Å². The van der Waals surface area contributed by atoms with Crippen molar-refractivity contribution in [1.29, 1.82) is 0 Å². The zero-order valence-corrected chi connectivity index (χ0v) is 23.0. The first-order chi connectivity index (χ1) is 18.2. The van der Waals surface area contributed by atoms with Crippen LogP contribution in [-0.2, 0) is 16.6 Å². The third kappa shape index (κ3) is 3.97. The molecule has 1 aliphatic carbocycles. The number of nitrogens with zero attached hydrogens (tertiary/aromatic N) is 5. The van der Waals surface area contributed by atoms with E-state index in [0.29, 0.717) is 41.8 Å². The number of sulfonamides is 1. The molecule has 0 aromatic carbocycles. The number of fused-ring (bicyclic) bond motifs is 2. The Morgan fingerprint density at radius 3 is 2.61 bits per heavy atom. The Labute approximate surface area is 222 Å². The highest BCUT2D eigenvalue weighted by Crippen LogP contribution is 2.38. The highest BCUT2D eigenvalue weighted by atomic mass is 32.2. The lowest BCUT2D eigenvalue weighted by atomic mass is 10.1. The molecule has 1 aliphatic heterocycles. The molecule has 0 radical (unpaired) electrons. The van der Waals surface area contributed by atoms with Gasteiger partial charge in [0.15, 0.2) is 5.88 Å². The maximum absolute atomic E-state index is 13.5. The molecule has 2 fully saturated rings. The van der Waals surface area contributed by atoms with Gasteiger partial charge >= 0.3 is 0 Å². The van der Waals surface area contributed by atoms with Crippen molar-refractivity contribution in [3.63, 3.8) is 0 Å². The van der Waals surface area contributed by atoms with E-state index >= 15 is 0 Å². The number of hydrogen-bond donors (Lipinski definition) is 0. The number of aryl methyl sites for hydroxylation is 1. The van der Waals surface area contributed by atoms with E-state index in [1.54, 1.807) is 19.2 Å². The molecule has 4 aromatic rings. The first-order valence-corrected chi connectivity index (χ1v) is 14.8. The lowest BCUT2D eigenvalue weighted by Gasteiger charge is -2.34. The molecule has 0 bridgehead atoms. The molecule has 0 N–H and O–H groups in total. The largest absolute Gasteiger partial charge is 0.482 e. The predicted molar refractivity (Wildman–Crippen MR) is 147 cm³/mol. The third-order valence-electron chi connectivity index (χ3n) is 7.93. The van der Waals surface area contributed by atoms with E-state index in [1.165, 1.54) is 4.31 Å². The van der Waals surface area contributed by atoms with Gasteiger partial charge in [-0.1, -0.05) is 13.8 Å². The number of pyridine rings is 2. The van der Waals surface area contributed by atoms with Crippen molar-refractivity contribution in [3.8, 4) is 17.3 Å². The molecule has 1 saturated carbocycles. The van der Waals surface area contributed by atoms with E-state index in [9.17, 15) is 13.2 Å². The number of rotatable bonds is 7. The van der Waals surface area contributed by atoms with Crippen LogP contribution in [0.25, 0.3) is 28.1 Å². The second-order valence-corrected chi connectivity index (χ2v) is 13.0. The number of carbonyl (C=O) groups is 1. The lowest BCUT2D eigenvalue weighted by molar-refractivity contribution is 0.112. The van der Waals surface area contributed by atoms with Crippen LogP contribution < -0.4 is 9.04 Å². The molecule has 200 valence electrons. The normalized spacial score (nSPS) is 19.5. The van der Waals surface area contributed by atoms with Crippen LogP contribution in [0.2, 0.25) is 0 Å². The van der Waals surface area contributed by atoms with E-state index in [-0.39, 0.29) is 5.92 Å². The van der Waals surface area contributed by atoms with Crippen LogP contribution in [0.3, 0.4) is 0 Å². The van der Waals surface area contributed by atoms with Crippen molar-refractivity contribution >= 4 is 38.8 Å². The SMILES string of the molecule is COc1cc(C=O)cc2nc(-c3cc4ccc(N5CCCC(C(C)C)S5(=O)=O)nc4n3CC3CC3)c(C)n12. The minimum absolute atomic E-state index is 0.0478. The minimum Gasteiger partial charge on any atom is -0.482 e. The summed E-state index contributed by atoms with van der Waals surface area (Å²) >= 11 is 0. The van der Waals surface area contributed by atoms with Crippen molar-refractivity contribution < 1.29 is 17.9 Å². The van der Waals surface area contributed by atoms with Crippen molar-refractivity contribution in [2.45, 2.75) is 58.2 Å². The van der Waals surface area contributed by atoms with Crippen molar-refractivity contribution in [1.82, 2.24) is 18.9 Å². The minimum atomic E-state index is -3.49. The number of imidazole rings is 1. The second kappa shape index (κ2) is 9.11. The summed E-state index contributed by atoms with van der Waals surface area (Å²) in [7, 11) is -1.91. The lowest BCUT2D eigenvalue weighted by Crippen LogP contribution is -2.46. The van der Waals surface area contributed by atoms with Crippen molar-refractivity contribution in [2.75, 3.05) is 18.0 Å². The highest BCUT2D eigenvalue weighted by molar-refractivity contribution is 7.93. The Hall–Kier alpha value is -3.40. The average molecular weight is 536 g/mol. The summed E-state index contributed by atoms with van der Waals surface area (Å²) in [5.41, 5.74) is 4.51. The monoisotopic (exact) mass is 535 g/mol. The average Bonchev–Trinajstić information content (AvgIpc) is 3.56. The van der Waals surface area contributed by atoms with Gasteiger partial charge in [-0.15, -0.1) is 0 Å². The van der Waals surface area contributed by atoms with Gasteiger partial charge in [-0.3, -0.25) is 13.5 Å². The molecule has 2 aliphatic rings. The molecule has 1 unspecified atom stereocenters. The van der Waals surface area contributed by atoms with Gasteiger partial charge in [-0.25, -0.2) is 18.4 Å². The summed E-state index contributed by atoms with van der Waals surface area (Å²) in [6, 6.07) is 9.33. The van der Waals surface area contributed by atoms with Crippen LogP contribution in [0.15, 0.2) is 30.3 Å². The predicted octanol–water partition coefficient (Wildman–Crippen LogP) is 4.85. The van der Waals surface area contributed by atoms with Gasteiger partial charge in [0.05, 0.1) is 23.7 Å². The Morgan fingerprint density at radius 1 is 1.13 bits per heavy atom. The summed E-state index contributed by atoms with van der Waals surface area (Å²) in [6.07, 6.45) is 4.62. The molecule has 0 amide bonds. The van der Waals surface area contributed by atoms with Gasteiger partial charge < -0.3 is 9.30 Å². The molecule has 1 atom stereocenters. The van der Waals surface area contributed by atoms with Crippen LogP contribution in [-0.4, -0.2) is 52.5 Å². The summed E-state index contributed by atoms with van der Waals surface area (Å²) in [5.74, 6) is 1.63. The van der Waals surface area contributed by atoms with Crippen LogP contribution in [0, 0.1) is 18.8 Å². The Morgan fingerprint density at radius 2 is 1.92 bits per heavy atom. The van der Waals surface area contributed by atoms with E-state index in [1.807, 2.05) is 37.3 Å². The fraction of sp³-hybridized carbons (Fsp3) is 0.464. The zero-order valence-electron chi connectivity index (χ0n) is 22.2. The topological polar surface area (TPSA) is 98.8 Å². The third-order valence-corrected chi connectivity index (χ3v) is 10.5. The quantitative estimate of drug-likeness (QED) is 0.314. The number of hydrogen-bond acceptors (Lipinski definition) is 6. The van der Waals surface area contributed by atoms with Gasteiger partial charge in [-0.05, 0) is 68.7 Å². The van der Waals surface area contributed by atoms with Crippen molar-refractivity contribution in [3.05, 3.63) is 41.6 Å². The van der Waals surface area contributed by atoms with E-state index < -0.39 is 15.3 Å². The van der Waals surface area contributed by atoms with Gasteiger partial charge in [0.1, 0.15) is 29.1 Å². The summed E-state index contributed by atoms with van der Waals surface area (Å²) in [6.45, 7) is 7.17. The number of aromatic nitrogens is 4. The van der Waals surface area contributed by atoms with Gasteiger partial charge in [0, 0.05) is 30.1 Å². The molecule has 5 heterocycles. The number of aldehydes is 1. The summed E-state index contributed by atoms with van der Waals surface area (Å²) in [4.78, 5) is 21.4. The molecule has 6 rings (SSSR count). The number of ether oxygens (including phenoxy) is 1. The number of methoxy groups -OCH3 is 1. The van der Waals surface area contributed by atoms with Crippen LogP contribution in [0.5, 0.6) is 5.88 Å². The molecule has 1 saturated heterocycles. The van der Waals surface area contributed by atoms with Crippen LogP contribution in [0.4, 0.5) is 5.82 Å². The maximum Gasteiger partial charge on any atom is 0.239 e. The molecule has 10 heteroatoms. The molecule has 9 nitrogen and oxygen atoms in total. The van der Waals surface area contributed by atoms with E-state index in [0.717, 1.165) is 60.2 Å². The maximum atomic E-state index is 13.5. The Balaban J connectivity index is 1.52. The van der Waals surface area contributed by atoms with Gasteiger partial charge in [0.2, 0.25) is 10.0 Å². The first kappa shape index (κ1) is 24.9. The van der Waals surface area contributed by atoms with Crippen molar-refractivity contribution in [2.24, 2.45) is 11.8 Å². The second-order valence-electron chi connectivity index (χ2n) is 10.9. The number of carbonyl (C=O) groups excluding carboxylic acids is 1. The molecular formula is C28H33N5O4S. The molecule has 0 spiro atoms. The Kier molecular flexibility index (Phi) is 5.97. The fourth-order valence-corrected chi connectivity index (χ4v) is 7.98. The van der Waals surface area contributed by atoms with E-state index in [4.69, 9.17) is 14.7 Å². The highest BCUT2D eigenvalue weighted by Gasteiger charge is 2.38. The smallest absolute Gasteiger partial charge is 0.239 e. The van der Waals surface area contributed by atoms with Crippen LogP contribution >= 0.6 is 0 Å². The summed E-state index contributed by atoms with van der Waals surface area (Å²) < 4.78 is 38.1. The van der Waals surface area contributed by atoms with Crippen LogP contribution in [0.1, 0.15) is 55.6 Å². The molecule has 4 aromatic heterocycles.